The summed E-state index contributed by atoms with van der Waals surface area (Å²) in [7, 11) is 1.78. The van der Waals surface area contributed by atoms with Crippen LogP contribution in [0.25, 0.3) is 0 Å². The third-order valence-electron chi connectivity index (χ3n) is 5.22. The lowest BCUT2D eigenvalue weighted by atomic mass is 9.77. The van der Waals surface area contributed by atoms with Gasteiger partial charge < -0.3 is 15.0 Å². The van der Waals surface area contributed by atoms with Gasteiger partial charge in [0.1, 0.15) is 5.60 Å². The van der Waals surface area contributed by atoms with Crippen LogP contribution in [0.1, 0.15) is 64.3 Å². The van der Waals surface area contributed by atoms with Crippen molar-refractivity contribution in [2.45, 2.75) is 65.0 Å². The minimum Gasteiger partial charge on any atom is -0.444 e. The standard InChI is InChI=1S/C25H36ClN3O2/c1-24(2,3)31-23(30)29(6)17-8-7-15-27-18-22-21(10-9-16-28-22)25(4,5)19-11-13-20(26)14-12-19/h9-14,16,27H,7-8,15,17-18H2,1-6H3. The summed E-state index contributed by atoms with van der Waals surface area (Å²) in [4.78, 5) is 18.3. The molecule has 0 radical (unpaired) electrons. The molecule has 0 saturated carbocycles. The van der Waals surface area contributed by atoms with Gasteiger partial charge in [0.2, 0.25) is 0 Å². The molecule has 1 heterocycles. The summed E-state index contributed by atoms with van der Waals surface area (Å²) in [6, 6.07) is 12.2. The number of carbonyl (C=O) groups excluding carboxylic acids is 1. The van der Waals surface area contributed by atoms with Crippen LogP contribution in [-0.4, -0.2) is 41.7 Å². The van der Waals surface area contributed by atoms with Crippen LogP contribution in [0.5, 0.6) is 0 Å². The van der Waals surface area contributed by atoms with E-state index < -0.39 is 5.60 Å². The quantitative estimate of drug-likeness (QED) is 0.495. The van der Waals surface area contributed by atoms with E-state index >= 15 is 0 Å². The van der Waals surface area contributed by atoms with Crippen LogP contribution < -0.4 is 5.32 Å². The van der Waals surface area contributed by atoms with Gasteiger partial charge in [-0.2, -0.15) is 0 Å². The Hall–Kier alpha value is -2.11. The number of hydrogen-bond donors (Lipinski definition) is 1. The molecule has 170 valence electrons. The van der Waals surface area contributed by atoms with E-state index in [0.717, 1.165) is 30.1 Å². The molecule has 0 unspecified atom stereocenters. The Morgan fingerprint density at radius 3 is 2.42 bits per heavy atom. The van der Waals surface area contributed by atoms with Gasteiger partial charge in [-0.15, -0.1) is 0 Å². The summed E-state index contributed by atoms with van der Waals surface area (Å²) in [5.41, 5.74) is 2.82. The second-order valence-corrected chi connectivity index (χ2v) is 9.85. The van der Waals surface area contributed by atoms with Crippen molar-refractivity contribution in [1.29, 1.82) is 0 Å². The Morgan fingerprint density at radius 1 is 1.10 bits per heavy atom. The van der Waals surface area contributed by atoms with Crippen molar-refractivity contribution in [1.82, 2.24) is 15.2 Å². The van der Waals surface area contributed by atoms with E-state index in [9.17, 15) is 4.79 Å². The number of pyridine rings is 1. The van der Waals surface area contributed by atoms with E-state index in [1.54, 1.807) is 11.9 Å². The maximum absolute atomic E-state index is 12.0. The van der Waals surface area contributed by atoms with E-state index in [2.05, 4.69) is 42.3 Å². The van der Waals surface area contributed by atoms with Crippen molar-refractivity contribution < 1.29 is 9.53 Å². The molecule has 1 amide bonds. The summed E-state index contributed by atoms with van der Waals surface area (Å²) < 4.78 is 5.38. The van der Waals surface area contributed by atoms with Crippen LogP contribution in [-0.2, 0) is 16.7 Å². The lowest BCUT2D eigenvalue weighted by molar-refractivity contribution is 0.0296. The molecular weight excluding hydrogens is 410 g/mol. The molecular formula is C25H36ClN3O2. The number of aromatic nitrogens is 1. The van der Waals surface area contributed by atoms with Gasteiger partial charge in [0.05, 0.1) is 5.69 Å². The molecule has 6 heteroatoms. The van der Waals surface area contributed by atoms with Crippen LogP contribution in [0.2, 0.25) is 5.02 Å². The number of hydrogen-bond acceptors (Lipinski definition) is 4. The highest BCUT2D eigenvalue weighted by atomic mass is 35.5. The lowest BCUT2D eigenvalue weighted by Crippen LogP contribution is -2.34. The molecule has 0 aliphatic rings. The largest absolute Gasteiger partial charge is 0.444 e. The Bertz CT molecular complexity index is 845. The van der Waals surface area contributed by atoms with Gasteiger partial charge in [0.15, 0.2) is 0 Å². The highest BCUT2D eigenvalue weighted by Gasteiger charge is 2.26. The molecule has 1 aromatic carbocycles. The molecule has 0 aliphatic heterocycles. The summed E-state index contributed by atoms with van der Waals surface area (Å²) in [5.74, 6) is 0. The summed E-state index contributed by atoms with van der Waals surface area (Å²) in [6.45, 7) is 12.3. The van der Waals surface area contributed by atoms with Crippen molar-refractivity contribution in [2.75, 3.05) is 20.1 Å². The number of carbonyl (C=O) groups is 1. The lowest BCUT2D eigenvalue weighted by Gasteiger charge is -2.28. The number of nitrogens with zero attached hydrogens (tertiary/aromatic N) is 2. The highest BCUT2D eigenvalue weighted by Crippen LogP contribution is 2.33. The second kappa shape index (κ2) is 11.0. The van der Waals surface area contributed by atoms with E-state index in [1.165, 1.54) is 11.1 Å². The summed E-state index contributed by atoms with van der Waals surface area (Å²) in [5, 5.41) is 4.24. The molecule has 5 nitrogen and oxygen atoms in total. The molecule has 2 rings (SSSR count). The zero-order valence-corrected chi connectivity index (χ0v) is 20.4. The van der Waals surface area contributed by atoms with E-state index in [0.29, 0.717) is 13.1 Å². The first-order chi connectivity index (χ1) is 14.5. The maximum Gasteiger partial charge on any atom is 0.410 e. The van der Waals surface area contributed by atoms with Crippen LogP contribution >= 0.6 is 11.6 Å². The fraction of sp³-hybridized carbons (Fsp3) is 0.520. The minimum absolute atomic E-state index is 0.175. The molecule has 0 bridgehead atoms. The van der Waals surface area contributed by atoms with Crippen molar-refractivity contribution in [2.24, 2.45) is 0 Å². The number of amides is 1. The monoisotopic (exact) mass is 445 g/mol. The molecule has 0 fully saturated rings. The summed E-state index contributed by atoms with van der Waals surface area (Å²) >= 11 is 6.06. The first-order valence-corrected chi connectivity index (χ1v) is 11.2. The van der Waals surface area contributed by atoms with E-state index in [4.69, 9.17) is 16.3 Å². The van der Waals surface area contributed by atoms with Gasteiger partial charge >= 0.3 is 6.09 Å². The fourth-order valence-corrected chi connectivity index (χ4v) is 3.53. The number of nitrogens with one attached hydrogen (secondary N) is 1. The van der Waals surface area contributed by atoms with Crippen LogP contribution in [0.4, 0.5) is 4.79 Å². The third-order valence-corrected chi connectivity index (χ3v) is 5.48. The fourth-order valence-electron chi connectivity index (χ4n) is 3.41. The molecule has 2 aromatic rings. The topological polar surface area (TPSA) is 54.5 Å². The Labute approximate surface area is 192 Å². The minimum atomic E-state index is -0.465. The molecule has 0 spiro atoms. The predicted molar refractivity (Wildman–Crippen MR) is 128 cm³/mol. The van der Waals surface area contributed by atoms with Gasteiger partial charge in [-0.1, -0.05) is 43.6 Å². The smallest absolute Gasteiger partial charge is 0.410 e. The van der Waals surface area contributed by atoms with Crippen LogP contribution in [0.15, 0.2) is 42.6 Å². The van der Waals surface area contributed by atoms with Crippen molar-refractivity contribution >= 4 is 17.7 Å². The van der Waals surface area contributed by atoms with Crippen LogP contribution in [0.3, 0.4) is 0 Å². The Kier molecular flexibility index (Phi) is 8.90. The molecule has 31 heavy (non-hydrogen) atoms. The molecule has 1 aromatic heterocycles. The number of halogens is 1. The van der Waals surface area contributed by atoms with Gasteiger partial charge in [0.25, 0.3) is 0 Å². The third kappa shape index (κ3) is 7.82. The Morgan fingerprint density at radius 2 is 1.77 bits per heavy atom. The molecule has 0 saturated heterocycles. The average Bonchev–Trinajstić information content (AvgIpc) is 2.69. The number of ether oxygens (including phenoxy) is 1. The highest BCUT2D eigenvalue weighted by molar-refractivity contribution is 6.30. The van der Waals surface area contributed by atoms with Crippen molar-refractivity contribution in [3.05, 3.63) is 64.4 Å². The second-order valence-electron chi connectivity index (χ2n) is 9.42. The predicted octanol–water partition coefficient (Wildman–Crippen LogP) is 5.80. The number of unbranched alkanes of at least 4 members (excludes halogenated alkanes) is 1. The number of rotatable bonds is 9. The van der Waals surface area contributed by atoms with Crippen molar-refractivity contribution in [3.63, 3.8) is 0 Å². The number of benzene rings is 1. The Balaban J connectivity index is 1.85. The van der Waals surface area contributed by atoms with Gasteiger partial charge in [-0.3, -0.25) is 4.98 Å². The van der Waals surface area contributed by atoms with Gasteiger partial charge in [-0.25, -0.2) is 4.79 Å². The SMILES string of the molecule is CN(CCCCNCc1ncccc1C(C)(C)c1ccc(Cl)cc1)C(=O)OC(C)(C)C. The first kappa shape index (κ1) is 25.2. The summed E-state index contributed by atoms with van der Waals surface area (Å²) in [6.07, 6.45) is 3.45. The molecule has 1 N–H and O–H groups in total. The zero-order valence-electron chi connectivity index (χ0n) is 19.7. The van der Waals surface area contributed by atoms with Gasteiger partial charge in [-0.05, 0) is 69.5 Å². The normalized spacial score (nSPS) is 12.0. The molecule has 0 aliphatic carbocycles. The molecule has 0 atom stereocenters. The van der Waals surface area contributed by atoms with Crippen molar-refractivity contribution in [3.8, 4) is 0 Å². The zero-order chi connectivity index (χ0) is 23.1. The maximum atomic E-state index is 12.0. The average molecular weight is 446 g/mol. The van der Waals surface area contributed by atoms with Gasteiger partial charge in [0, 0.05) is 36.8 Å². The van der Waals surface area contributed by atoms with E-state index in [-0.39, 0.29) is 11.5 Å². The van der Waals surface area contributed by atoms with E-state index in [1.807, 2.05) is 45.2 Å². The van der Waals surface area contributed by atoms with Crippen LogP contribution in [0, 0.1) is 0 Å². The first-order valence-electron chi connectivity index (χ1n) is 10.9.